The Labute approximate surface area is 141 Å². The molecule has 2 rings (SSSR count). The summed E-state index contributed by atoms with van der Waals surface area (Å²) in [5, 5.41) is 28.0. The molecule has 0 amide bonds. The van der Waals surface area contributed by atoms with E-state index < -0.39 is 23.2 Å². The molecule has 3 N–H and O–H groups in total. The number of phenols is 3. The lowest BCUT2D eigenvalue weighted by Gasteiger charge is -2.07. The maximum atomic E-state index is 11.8. The predicted molar refractivity (Wildman–Crippen MR) is 90.3 cm³/mol. The first-order valence-corrected chi connectivity index (χ1v) is 8.04. The standard InChI is InChI=1S/C19H22O5/c20-16-12-15(13-17(21)18(16)22)19(23)24-11-7-2-1-4-8-14-9-5-3-6-10-14/h3,5-6,9-10,12-13,20-22H,1-2,4,7-8,11H2. The summed E-state index contributed by atoms with van der Waals surface area (Å²) in [6.45, 7) is 0.284. The van der Waals surface area contributed by atoms with Gasteiger partial charge in [0.05, 0.1) is 12.2 Å². The topological polar surface area (TPSA) is 87.0 Å². The van der Waals surface area contributed by atoms with Gasteiger partial charge in [-0.25, -0.2) is 4.79 Å². The van der Waals surface area contributed by atoms with E-state index in [9.17, 15) is 20.1 Å². The van der Waals surface area contributed by atoms with Crippen LogP contribution < -0.4 is 0 Å². The molecule has 0 heterocycles. The van der Waals surface area contributed by atoms with Crippen LogP contribution in [-0.4, -0.2) is 27.9 Å². The van der Waals surface area contributed by atoms with Crippen molar-refractivity contribution in [1.82, 2.24) is 0 Å². The molecule has 5 heteroatoms. The lowest BCUT2D eigenvalue weighted by molar-refractivity contribution is 0.0496. The molecule has 5 nitrogen and oxygen atoms in total. The third-order valence-electron chi connectivity index (χ3n) is 3.74. The first-order valence-electron chi connectivity index (χ1n) is 8.04. The Balaban J connectivity index is 1.63. The molecule has 0 spiro atoms. The highest BCUT2D eigenvalue weighted by Crippen LogP contribution is 2.35. The van der Waals surface area contributed by atoms with Crippen molar-refractivity contribution in [1.29, 1.82) is 0 Å². The van der Waals surface area contributed by atoms with E-state index in [0.29, 0.717) is 0 Å². The molecule has 2 aromatic carbocycles. The summed E-state index contributed by atoms with van der Waals surface area (Å²) in [5.74, 6) is -2.39. The van der Waals surface area contributed by atoms with E-state index in [-0.39, 0.29) is 12.2 Å². The molecule has 2 aromatic rings. The van der Waals surface area contributed by atoms with Crippen molar-refractivity contribution < 1.29 is 24.9 Å². The van der Waals surface area contributed by atoms with E-state index in [1.165, 1.54) is 5.56 Å². The van der Waals surface area contributed by atoms with Crippen LogP contribution in [-0.2, 0) is 11.2 Å². The summed E-state index contributed by atoms with van der Waals surface area (Å²) in [6, 6.07) is 12.4. The van der Waals surface area contributed by atoms with Crippen LogP contribution in [0, 0.1) is 0 Å². The average Bonchev–Trinajstić information content (AvgIpc) is 2.59. The number of carbonyl (C=O) groups is 1. The number of phenolic OH excluding ortho intramolecular Hbond substituents is 3. The molecule has 0 fully saturated rings. The minimum atomic E-state index is -0.648. The maximum absolute atomic E-state index is 11.8. The maximum Gasteiger partial charge on any atom is 0.338 e. The van der Waals surface area contributed by atoms with Crippen molar-refractivity contribution in [2.75, 3.05) is 6.61 Å². The zero-order valence-corrected chi connectivity index (χ0v) is 13.4. The van der Waals surface area contributed by atoms with Crippen molar-refractivity contribution >= 4 is 5.97 Å². The van der Waals surface area contributed by atoms with Crippen LogP contribution in [0.4, 0.5) is 0 Å². The van der Waals surface area contributed by atoms with E-state index in [2.05, 4.69) is 12.1 Å². The van der Waals surface area contributed by atoms with Crippen LogP contribution >= 0.6 is 0 Å². The number of hydrogen-bond acceptors (Lipinski definition) is 5. The lowest BCUT2D eigenvalue weighted by atomic mass is 10.1. The molecular formula is C19H22O5. The number of rotatable bonds is 8. The van der Waals surface area contributed by atoms with Gasteiger partial charge in [0.2, 0.25) is 0 Å². The Morgan fingerprint density at radius 2 is 1.50 bits per heavy atom. The number of benzene rings is 2. The summed E-state index contributed by atoms with van der Waals surface area (Å²) in [4.78, 5) is 11.8. The zero-order chi connectivity index (χ0) is 17.4. The molecule has 128 valence electrons. The van der Waals surface area contributed by atoms with Gasteiger partial charge in [0.1, 0.15) is 0 Å². The molecule has 0 atom stereocenters. The van der Waals surface area contributed by atoms with Crippen LogP contribution in [0.5, 0.6) is 17.2 Å². The Kier molecular flexibility index (Phi) is 6.49. The van der Waals surface area contributed by atoms with Gasteiger partial charge in [0.25, 0.3) is 0 Å². The number of esters is 1. The number of carbonyl (C=O) groups excluding carboxylic acids is 1. The first-order chi connectivity index (χ1) is 11.6. The second kappa shape index (κ2) is 8.82. The highest BCUT2D eigenvalue weighted by Gasteiger charge is 2.14. The molecule has 0 radical (unpaired) electrons. The van der Waals surface area contributed by atoms with Gasteiger partial charge >= 0.3 is 5.97 Å². The van der Waals surface area contributed by atoms with Crippen molar-refractivity contribution in [3.8, 4) is 17.2 Å². The Morgan fingerprint density at radius 3 is 2.17 bits per heavy atom. The molecule has 0 bridgehead atoms. The molecule has 0 aliphatic rings. The molecule has 0 saturated heterocycles. The fourth-order valence-electron chi connectivity index (χ4n) is 2.40. The smallest absolute Gasteiger partial charge is 0.338 e. The number of aromatic hydroxyl groups is 3. The van der Waals surface area contributed by atoms with E-state index in [1.54, 1.807) is 0 Å². The number of ether oxygens (including phenoxy) is 1. The minimum Gasteiger partial charge on any atom is -0.504 e. The van der Waals surface area contributed by atoms with E-state index in [0.717, 1.165) is 44.2 Å². The monoisotopic (exact) mass is 330 g/mol. The second-order valence-corrected chi connectivity index (χ2v) is 5.65. The molecule has 0 aromatic heterocycles. The predicted octanol–water partition coefficient (Wildman–Crippen LogP) is 3.76. The van der Waals surface area contributed by atoms with Gasteiger partial charge in [0.15, 0.2) is 17.2 Å². The number of hydrogen-bond donors (Lipinski definition) is 3. The van der Waals surface area contributed by atoms with Gasteiger partial charge < -0.3 is 20.1 Å². The summed E-state index contributed by atoms with van der Waals surface area (Å²) >= 11 is 0. The van der Waals surface area contributed by atoms with Crippen molar-refractivity contribution in [3.05, 3.63) is 53.6 Å². The van der Waals surface area contributed by atoms with E-state index in [1.807, 2.05) is 18.2 Å². The fourth-order valence-corrected chi connectivity index (χ4v) is 2.40. The van der Waals surface area contributed by atoms with Crippen molar-refractivity contribution in [2.45, 2.75) is 32.1 Å². The van der Waals surface area contributed by atoms with Crippen LogP contribution in [0.2, 0.25) is 0 Å². The fraction of sp³-hybridized carbons (Fsp3) is 0.316. The van der Waals surface area contributed by atoms with Gasteiger partial charge in [-0.1, -0.05) is 43.2 Å². The Morgan fingerprint density at radius 1 is 0.875 bits per heavy atom. The molecule has 24 heavy (non-hydrogen) atoms. The van der Waals surface area contributed by atoms with Crippen LogP contribution in [0.15, 0.2) is 42.5 Å². The Bertz CT molecular complexity index is 644. The number of aryl methyl sites for hydroxylation is 1. The zero-order valence-electron chi connectivity index (χ0n) is 13.4. The summed E-state index contributed by atoms with van der Waals surface area (Å²) in [5.41, 5.74) is 1.34. The average molecular weight is 330 g/mol. The van der Waals surface area contributed by atoms with Crippen molar-refractivity contribution in [2.24, 2.45) is 0 Å². The molecule has 0 saturated carbocycles. The first kappa shape index (κ1) is 17.7. The second-order valence-electron chi connectivity index (χ2n) is 5.65. The summed E-state index contributed by atoms with van der Waals surface area (Å²) in [7, 11) is 0. The third-order valence-corrected chi connectivity index (χ3v) is 3.74. The van der Waals surface area contributed by atoms with Gasteiger partial charge in [0, 0.05) is 0 Å². The molecule has 0 unspecified atom stereocenters. The van der Waals surface area contributed by atoms with Gasteiger partial charge in [-0.05, 0) is 37.0 Å². The van der Waals surface area contributed by atoms with Crippen LogP contribution in [0.25, 0.3) is 0 Å². The summed E-state index contributed by atoms with van der Waals surface area (Å²) in [6.07, 6.45) is 4.93. The largest absolute Gasteiger partial charge is 0.504 e. The molecule has 0 aliphatic heterocycles. The van der Waals surface area contributed by atoms with Gasteiger partial charge in [-0.3, -0.25) is 0 Å². The van der Waals surface area contributed by atoms with E-state index in [4.69, 9.17) is 4.74 Å². The highest BCUT2D eigenvalue weighted by atomic mass is 16.5. The molecular weight excluding hydrogens is 308 g/mol. The van der Waals surface area contributed by atoms with Crippen molar-refractivity contribution in [3.63, 3.8) is 0 Å². The third kappa shape index (κ3) is 5.19. The Hall–Kier alpha value is -2.69. The molecule has 0 aliphatic carbocycles. The lowest BCUT2D eigenvalue weighted by Crippen LogP contribution is -2.06. The quantitative estimate of drug-likeness (QED) is 0.390. The van der Waals surface area contributed by atoms with E-state index >= 15 is 0 Å². The minimum absolute atomic E-state index is 0.00637. The normalized spacial score (nSPS) is 10.5. The van der Waals surface area contributed by atoms with Gasteiger partial charge in [-0.2, -0.15) is 0 Å². The SMILES string of the molecule is O=C(OCCCCCCc1ccccc1)c1cc(O)c(O)c(O)c1. The van der Waals surface area contributed by atoms with Crippen LogP contribution in [0.3, 0.4) is 0 Å². The van der Waals surface area contributed by atoms with Gasteiger partial charge in [-0.15, -0.1) is 0 Å². The van der Waals surface area contributed by atoms with Crippen LogP contribution in [0.1, 0.15) is 41.6 Å². The number of unbranched alkanes of at least 4 members (excludes halogenated alkanes) is 3. The summed E-state index contributed by atoms with van der Waals surface area (Å²) < 4.78 is 5.10. The highest BCUT2D eigenvalue weighted by molar-refractivity contribution is 5.91.